The Balaban J connectivity index is 1.41. The molecule has 0 radical (unpaired) electrons. The minimum Gasteiger partial charge on any atom is -0.486 e. The minimum absolute atomic E-state index is 0.220. The summed E-state index contributed by atoms with van der Waals surface area (Å²) in [4.78, 5) is 17.1. The van der Waals surface area contributed by atoms with Crippen molar-refractivity contribution in [3.63, 3.8) is 0 Å². The van der Waals surface area contributed by atoms with Crippen molar-refractivity contribution in [2.24, 2.45) is 0 Å². The number of anilines is 1. The highest BCUT2D eigenvalue weighted by Gasteiger charge is 2.14. The number of nitrogens with one attached hydrogen (secondary N) is 1. The number of hydrogen-bond acceptors (Lipinski definition) is 4. The molecule has 31 heavy (non-hydrogen) atoms. The van der Waals surface area contributed by atoms with Gasteiger partial charge in [-0.05, 0) is 60.4 Å². The molecule has 5 nitrogen and oxygen atoms in total. The summed E-state index contributed by atoms with van der Waals surface area (Å²) in [5.74, 6) is 1.76. The maximum Gasteiger partial charge on any atom is 0.291 e. The van der Waals surface area contributed by atoms with Crippen LogP contribution in [-0.4, -0.2) is 10.9 Å². The lowest BCUT2D eigenvalue weighted by Crippen LogP contribution is -2.11. The molecule has 0 bridgehead atoms. The number of halogens is 1. The lowest BCUT2D eigenvalue weighted by Gasteiger charge is -2.10. The summed E-state index contributed by atoms with van der Waals surface area (Å²) in [7, 11) is 0. The number of aromatic nitrogens is 1. The van der Waals surface area contributed by atoms with E-state index in [2.05, 4.69) is 52.2 Å². The Morgan fingerprint density at radius 2 is 1.94 bits per heavy atom. The molecule has 0 spiro atoms. The summed E-state index contributed by atoms with van der Waals surface area (Å²) in [6.45, 7) is 4.63. The van der Waals surface area contributed by atoms with Crippen molar-refractivity contribution in [1.82, 2.24) is 4.98 Å². The molecule has 0 aliphatic carbocycles. The van der Waals surface area contributed by atoms with Crippen molar-refractivity contribution in [2.45, 2.75) is 32.8 Å². The smallest absolute Gasteiger partial charge is 0.291 e. The number of carbonyl (C=O) groups is 1. The second-order valence-electron chi connectivity index (χ2n) is 7.38. The van der Waals surface area contributed by atoms with E-state index in [0.29, 0.717) is 22.9 Å². The Morgan fingerprint density at radius 3 is 2.71 bits per heavy atom. The third kappa shape index (κ3) is 4.80. The van der Waals surface area contributed by atoms with Crippen LogP contribution < -0.4 is 10.1 Å². The van der Waals surface area contributed by atoms with Crippen LogP contribution in [0.5, 0.6) is 5.75 Å². The van der Waals surface area contributed by atoms with Gasteiger partial charge in [0.25, 0.3) is 5.91 Å². The molecule has 1 unspecified atom stereocenters. The van der Waals surface area contributed by atoms with Crippen molar-refractivity contribution in [1.29, 1.82) is 0 Å². The minimum atomic E-state index is -0.335. The third-order valence-corrected chi connectivity index (χ3v) is 5.98. The van der Waals surface area contributed by atoms with E-state index in [0.717, 1.165) is 22.0 Å². The van der Waals surface area contributed by atoms with Crippen molar-refractivity contribution < 1.29 is 13.9 Å². The summed E-state index contributed by atoms with van der Waals surface area (Å²) in [5.41, 5.74) is 2.63. The van der Waals surface area contributed by atoms with Gasteiger partial charge < -0.3 is 14.5 Å². The molecule has 4 rings (SSSR count). The molecule has 0 aliphatic rings. The summed E-state index contributed by atoms with van der Waals surface area (Å²) in [5, 5.41) is 3.81. The van der Waals surface area contributed by atoms with Crippen LogP contribution in [0.1, 0.15) is 48.1 Å². The first kappa shape index (κ1) is 21.1. The topological polar surface area (TPSA) is 64.4 Å². The molecule has 6 heteroatoms. The Hall–Kier alpha value is -3.12. The van der Waals surface area contributed by atoms with E-state index in [4.69, 9.17) is 9.15 Å². The normalized spacial score (nSPS) is 12.0. The van der Waals surface area contributed by atoms with Gasteiger partial charge in [0.1, 0.15) is 18.1 Å². The van der Waals surface area contributed by atoms with Gasteiger partial charge in [0.05, 0.1) is 11.2 Å². The monoisotopic (exact) mass is 478 g/mol. The van der Waals surface area contributed by atoms with Gasteiger partial charge >= 0.3 is 0 Å². The second-order valence-corrected chi connectivity index (χ2v) is 8.24. The molecule has 0 fully saturated rings. The first-order valence-electron chi connectivity index (χ1n) is 10.2. The van der Waals surface area contributed by atoms with Crippen LogP contribution >= 0.6 is 15.9 Å². The Morgan fingerprint density at radius 1 is 1.13 bits per heavy atom. The number of ether oxygens (including phenoxy) is 1. The van der Waals surface area contributed by atoms with Crippen LogP contribution in [0.15, 0.2) is 75.8 Å². The molecule has 1 amide bonds. The number of benzene rings is 2. The second kappa shape index (κ2) is 9.35. The summed E-state index contributed by atoms with van der Waals surface area (Å²) >= 11 is 3.51. The molecule has 4 aromatic rings. The summed E-state index contributed by atoms with van der Waals surface area (Å²) < 4.78 is 12.4. The fourth-order valence-electron chi connectivity index (χ4n) is 3.28. The van der Waals surface area contributed by atoms with Gasteiger partial charge in [0, 0.05) is 16.1 Å². The van der Waals surface area contributed by atoms with Gasteiger partial charge in [-0.2, -0.15) is 0 Å². The molecule has 158 valence electrons. The molecule has 2 aromatic carbocycles. The third-order valence-electron chi connectivity index (χ3n) is 5.29. The lowest BCUT2D eigenvalue weighted by molar-refractivity contribution is 0.0992. The van der Waals surface area contributed by atoms with Crippen molar-refractivity contribution in [3.8, 4) is 5.75 Å². The van der Waals surface area contributed by atoms with Crippen molar-refractivity contribution >= 4 is 38.4 Å². The highest BCUT2D eigenvalue weighted by Crippen LogP contribution is 2.29. The number of furan rings is 1. The number of rotatable bonds is 7. The van der Waals surface area contributed by atoms with E-state index in [9.17, 15) is 4.79 Å². The fourth-order valence-corrected chi connectivity index (χ4v) is 3.74. The van der Waals surface area contributed by atoms with E-state index >= 15 is 0 Å². The Labute approximate surface area is 189 Å². The van der Waals surface area contributed by atoms with Gasteiger partial charge in [-0.15, -0.1) is 0 Å². The van der Waals surface area contributed by atoms with E-state index in [1.165, 1.54) is 5.56 Å². The molecule has 0 saturated heterocycles. The lowest BCUT2D eigenvalue weighted by atomic mass is 9.99. The Kier molecular flexibility index (Phi) is 6.37. The highest BCUT2D eigenvalue weighted by molar-refractivity contribution is 9.10. The molecule has 0 aliphatic heterocycles. The van der Waals surface area contributed by atoms with E-state index in [1.807, 2.05) is 36.4 Å². The van der Waals surface area contributed by atoms with E-state index in [1.54, 1.807) is 18.3 Å². The van der Waals surface area contributed by atoms with Crippen molar-refractivity contribution in [2.75, 3.05) is 5.32 Å². The molecule has 0 saturated carbocycles. The first-order valence-corrected chi connectivity index (χ1v) is 11.0. The zero-order valence-electron chi connectivity index (χ0n) is 17.4. The van der Waals surface area contributed by atoms with Crippen LogP contribution in [0.3, 0.4) is 0 Å². The number of pyridine rings is 1. The van der Waals surface area contributed by atoms with Crippen LogP contribution in [0, 0.1) is 0 Å². The maximum atomic E-state index is 12.7. The number of fused-ring (bicyclic) bond motifs is 1. The molecule has 2 heterocycles. The number of hydrogen-bond donors (Lipinski definition) is 1. The number of amides is 1. The molecular weight excluding hydrogens is 456 g/mol. The molecule has 1 atom stereocenters. The Bertz CT molecular complexity index is 1200. The fraction of sp³-hybridized carbons (Fsp3) is 0.200. The zero-order chi connectivity index (χ0) is 21.8. The van der Waals surface area contributed by atoms with Gasteiger partial charge in [-0.25, -0.2) is 0 Å². The van der Waals surface area contributed by atoms with E-state index < -0.39 is 0 Å². The van der Waals surface area contributed by atoms with Gasteiger partial charge in [0.2, 0.25) is 0 Å². The SMILES string of the molecule is CCC(C)c1ccc(OCc2ccc(C(=O)Nc3ccc(Br)c4cccnc34)o2)cc1. The average molecular weight is 479 g/mol. The number of carbonyl (C=O) groups excluding carboxylic acids is 1. The van der Waals surface area contributed by atoms with Gasteiger partial charge in [-0.3, -0.25) is 9.78 Å². The summed E-state index contributed by atoms with van der Waals surface area (Å²) in [6.07, 6.45) is 2.80. The van der Waals surface area contributed by atoms with Crippen LogP contribution in [0.25, 0.3) is 10.9 Å². The summed E-state index contributed by atoms with van der Waals surface area (Å²) in [6, 6.07) is 19.0. The van der Waals surface area contributed by atoms with Crippen LogP contribution in [0.4, 0.5) is 5.69 Å². The van der Waals surface area contributed by atoms with Crippen LogP contribution in [-0.2, 0) is 6.61 Å². The zero-order valence-corrected chi connectivity index (χ0v) is 19.0. The standard InChI is InChI=1S/C25H23BrN2O3/c1-3-16(2)17-6-8-18(9-7-17)30-15-19-10-13-23(31-19)25(29)28-22-12-11-21(26)20-5-4-14-27-24(20)22/h4-14,16H,3,15H2,1-2H3,(H,28,29). The quantitative estimate of drug-likeness (QED) is 0.312. The molecular formula is C25H23BrN2O3. The molecule has 1 N–H and O–H groups in total. The average Bonchev–Trinajstić information content (AvgIpc) is 3.29. The predicted molar refractivity (Wildman–Crippen MR) is 126 cm³/mol. The predicted octanol–water partition coefficient (Wildman–Crippen LogP) is 6.94. The largest absolute Gasteiger partial charge is 0.486 e. The first-order chi connectivity index (χ1) is 15.0. The maximum absolute atomic E-state index is 12.7. The van der Waals surface area contributed by atoms with Crippen LogP contribution in [0.2, 0.25) is 0 Å². The van der Waals surface area contributed by atoms with E-state index in [-0.39, 0.29) is 18.3 Å². The number of nitrogens with zero attached hydrogens (tertiary/aromatic N) is 1. The van der Waals surface area contributed by atoms with Gasteiger partial charge in [-0.1, -0.05) is 48.0 Å². The van der Waals surface area contributed by atoms with Crippen molar-refractivity contribution in [3.05, 3.63) is 88.4 Å². The molecule has 2 aromatic heterocycles. The highest BCUT2D eigenvalue weighted by atomic mass is 79.9. The van der Waals surface area contributed by atoms with Gasteiger partial charge in [0.15, 0.2) is 5.76 Å².